The van der Waals surface area contributed by atoms with E-state index in [4.69, 9.17) is 0 Å². The molecule has 2 heterocycles. The molecule has 0 bridgehead atoms. The highest BCUT2D eigenvalue weighted by Crippen LogP contribution is 2.18. The van der Waals surface area contributed by atoms with Gasteiger partial charge in [0.25, 0.3) is 5.78 Å². The highest BCUT2D eigenvalue weighted by Gasteiger charge is 2.14. The van der Waals surface area contributed by atoms with Crippen LogP contribution in [0.5, 0.6) is 0 Å². The molecule has 0 atom stereocenters. The van der Waals surface area contributed by atoms with Gasteiger partial charge in [-0.05, 0) is 56.2 Å². The van der Waals surface area contributed by atoms with Crippen LogP contribution in [-0.4, -0.2) is 31.7 Å². The summed E-state index contributed by atoms with van der Waals surface area (Å²) in [5.41, 5.74) is 4.27. The highest BCUT2D eigenvalue weighted by molar-refractivity contribution is 7.98. The summed E-state index contributed by atoms with van der Waals surface area (Å²) in [5, 5.41) is 7.99. The van der Waals surface area contributed by atoms with Gasteiger partial charge in [0.1, 0.15) is 5.82 Å². The standard InChI is InChI=1S/C19H22FN5OS/c1-11-9-14(5-7-16(11)20)10-21-17(26)8-6-15-12(2)22-18-23-19(27-4)24-25(18)13(15)3/h5,7,9H,6,8,10H2,1-4H3,(H,21,26). The molecule has 1 aromatic carbocycles. The number of aromatic nitrogens is 4. The average Bonchev–Trinajstić information content (AvgIpc) is 3.05. The van der Waals surface area contributed by atoms with Gasteiger partial charge in [0, 0.05) is 24.4 Å². The number of fused-ring (bicyclic) bond motifs is 1. The lowest BCUT2D eigenvalue weighted by atomic mass is 10.1. The highest BCUT2D eigenvalue weighted by atomic mass is 32.2. The molecular formula is C19H22FN5OS. The van der Waals surface area contributed by atoms with Gasteiger partial charge in [0.05, 0.1) is 0 Å². The van der Waals surface area contributed by atoms with Crippen LogP contribution in [0.4, 0.5) is 4.39 Å². The molecule has 142 valence electrons. The van der Waals surface area contributed by atoms with Gasteiger partial charge in [0.15, 0.2) is 0 Å². The Balaban J connectivity index is 1.65. The smallest absolute Gasteiger partial charge is 0.253 e. The SMILES string of the molecule is CSc1nc2nc(C)c(CCC(=O)NCc3ccc(F)c(C)c3)c(C)n2n1. The third-order valence-electron chi connectivity index (χ3n) is 4.53. The van der Waals surface area contributed by atoms with Gasteiger partial charge < -0.3 is 5.32 Å². The van der Waals surface area contributed by atoms with E-state index in [9.17, 15) is 9.18 Å². The largest absolute Gasteiger partial charge is 0.352 e. The van der Waals surface area contributed by atoms with Crippen molar-refractivity contribution in [1.29, 1.82) is 0 Å². The molecule has 0 aliphatic carbocycles. The second kappa shape index (κ2) is 8.04. The number of halogens is 1. The lowest BCUT2D eigenvalue weighted by Crippen LogP contribution is -2.23. The van der Waals surface area contributed by atoms with Crippen LogP contribution in [0, 0.1) is 26.6 Å². The first-order chi connectivity index (χ1) is 12.9. The van der Waals surface area contributed by atoms with Crippen LogP contribution in [0.2, 0.25) is 0 Å². The maximum atomic E-state index is 13.3. The van der Waals surface area contributed by atoms with E-state index >= 15 is 0 Å². The predicted octanol–water partition coefficient (Wildman–Crippen LogP) is 3.16. The zero-order valence-corrected chi connectivity index (χ0v) is 16.7. The fourth-order valence-electron chi connectivity index (χ4n) is 2.98. The third-order valence-corrected chi connectivity index (χ3v) is 5.06. The van der Waals surface area contributed by atoms with Crippen molar-refractivity contribution in [2.75, 3.05) is 6.26 Å². The average molecular weight is 387 g/mol. The minimum atomic E-state index is -0.239. The van der Waals surface area contributed by atoms with Crippen molar-refractivity contribution >= 4 is 23.4 Å². The van der Waals surface area contributed by atoms with Gasteiger partial charge in [-0.25, -0.2) is 13.9 Å². The van der Waals surface area contributed by atoms with Gasteiger partial charge in [0.2, 0.25) is 11.1 Å². The molecule has 0 spiro atoms. The minimum absolute atomic E-state index is 0.0562. The van der Waals surface area contributed by atoms with Crippen LogP contribution in [0.3, 0.4) is 0 Å². The Hall–Kier alpha value is -2.48. The summed E-state index contributed by atoms with van der Waals surface area (Å²) in [6.45, 7) is 5.99. The van der Waals surface area contributed by atoms with Crippen molar-refractivity contribution in [1.82, 2.24) is 24.9 Å². The van der Waals surface area contributed by atoms with E-state index in [1.807, 2.05) is 20.1 Å². The molecule has 3 aromatic rings. The van der Waals surface area contributed by atoms with E-state index in [-0.39, 0.29) is 11.7 Å². The Kier molecular flexibility index (Phi) is 5.74. The van der Waals surface area contributed by atoms with E-state index in [0.29, 0.717) is 35.9 Å². The number of amides is 1. The lowest BCUT2D eigenvalue weighted by molar-refractivity contribution is -0.121. The van der Waals surface area contributed by atoms with Crippen LogP contribution in [-0.2, 0) is 17.8 Å². The van der Waals surface area contributed by atoms with E-state index in [0.717, 1.165) is 22.5 Å². The van der Waals surface area contributed by atoms with Gasteiger partial charge in [-0.3, -0.25) is 4.79 Å². The number of thioether (sulfide) groups is 1. The predicted molar refractivity (Wildman–Crippen MR) is 103 cm³/mol. The summed E-state index contributed by atoms with van der Waals surface area (Å²) in [5.74, 6) is 0.283. The number of benzene rings is 1. The summed E-state index contributed by atoms with van der Waals surface area (Å²) < 4.78 is 15.0. The van der Waals surface area contributed by atoms with Crippen molar-refractivity contribution < 1.29 is 9.18 Å². The van der Waals surface area contributed by atoms with Crippen LogP contribution < -0.4 is 5.32 Å². The molecule has 6 nitrogen and oxygen atoms in total. The number of aryl methyl sites for hydroxylation is 3. The first-order valence-electron chi connectivity index (χ1n) is 8.67. The molecule has 0 aliphatic rings. The molecule has 27 heavy (non-hydrogen) atoms. The molecule has 2 aromatic heterocycles. The van der Waals surface area contributed by atoms with E-state index in [1.165, 1.54) is 17.8 Å². The Labute approximate surface area is 161 Å². The van der Waals surface area contributed by atoms with Crippen molar-refractivity contribution in [3.63, 3.8) is 0 Å². The Morgan fingerprint density at radius 2 is 2.04 bits per heavy atom. The Morgan fingerprint density at radius 1 is 1.26 bits per heavy atom. The van der Waals surface area contributed by atoms with Crippen LogP contribution >= 0.6 is 11.8 Å². The summed E-state index contributed by atoms with van der Waals surface area (Å²) in [4.78, 5) is 21.1. The fourth-order valence-corrected chi connectivity index (χ4v) is 3.32. The molecule has 0 unspecified atom stereocenters. The van der Waals surface area contributed by atoms with Crippen molar-refractivity contribution in [2.24, 2.45) is 0 Å². The second-order valence-electron chi connectivity index (χ2n) is 6.43. The maximum Gasteiger partial charge on any atom is 0.253 e. The quantitative estimate of drug-likeness (QED) is 0.658. The molecule has 3 rings (SSSR count). The summed E-state index contributed by atoms with van der Waals surface area (Å²) in [7, 11) is 0. The molecule has 0 radical (unpaired) electrons. The van der Waals surface area contributed by atoms with Crippen LogP contribution in [0.15, 0.2) is 23.4 Å². The van der Waals surface area contributed by atoms with E-state index in [1.54, 1.807) is 23.6 Å². The molecule has 0 fully saturated rings. The molecular weight excluding hydrogens is 365 g/mol. The fraction of sp³-hybridized carbons (Fsp3) is 0.368. The van der Waals surface area contributed by atoms with Crippen LogP contribution in [0.1, 0.15) is 34.5 Å². The van der Waals surface area contributed by atoms with Crippen molar-refractivity contribution in [3.05, 3.63) is 52.1 Å². The number of hydrogen-bond acceptors (Lipinski definition) is 5. The first kappa shape index (κ1) is 19.3. The number of rotatable bonds is 6. The Morgan fingerprint density at radius 3 is 2.74 bits per heavy atom. The van der Waals surface area contributed by atoms with Crippen LogP contribution in [0.25, 0.3) is 5.78 Å². The number of hydrogen-bond donors (Lipinski definition) is 1. The molecule has 8 heteroatoms. The number of nitrogens with one attached hydrogen (secondary N) is 1. The zero-order valence-electron chi connectivity index (χ0n) is 15.8. The monoisotopic (exact) mass is 387 g/mol. The van der Waals surface area contributed by atoms with Gasteiger partial charge in [-0.2, -0.15) is 4.98 Å². The first-order valence-corrected chi connectivity index (χ1v) is 9.90. The van der Waals surface area contributed by atoms with E-state index < -0.39 is 0 Å². The molecule has 1 amide bonds. The summed E-state index contributed by atoms with van der Waals surface area (Å²) in [6, 6.07) is 4.85. The van der Waals surface area contributed by atoms with Crippen molar-refractivity contribution in [3.8, 4) is 0 Å². The minimum Gasteiger partial charge on any atom is -0.352 e. The summed E-state index contributed by atoms with van der Waals surface area (Å²) >= 11 is 1.47. The topological polar surface area (TPSA) is 72.2 Å². The van der Waals surface area contributed by atoms with E-state index in [2.05, 4.69) is 20.4 Å². The van der Waals surface area contributed by atoms with Gasteiger partial charge >= 0.3 is 0 Å². The van der Waals surface area contributed by atoms with Gasteiger partial charge in [-0.1, -0.05) is 23.9 Å². The Bertz CT molecular complexity index is 1000. The molecule has 0 saturated carbocycles. The molecule has 0 saturated heterocycles. The molecule has 1 N–H and O–H groups in total. The number of carbonyl (C=O) groups excluding carboxylic acids is 1. The number of nitrogens with zero attached hydrogens (tertiary/aromatic N) is 4. The normalized spacial score (nSPS) is 11.1. The third kappa shape index (κ3) is 4.27. The van der Waals surface area contributed by atoms with Crippen molar-refractivity contribution in [2.45, 2.75) is 45.3 Å². The van der Waals surface area contributed by atoms with Gasteiger partial charge in [-0.15, -0.1) is 5.10 Å². The summed E-state index contributed by atoms with van der Waals surface area (Å²) in [6.07, 6.45) is 2.84. The zero-order chi connectivity index (χ0) is 19.6. The lowest BCUT2D eigenvalue weighted by Gasteiger charge is -2.11. The number of carbonyl (C=O) groups is 1. The molecule has 0 aliphatic heterocycles. The maximum absolute atomic E-state index is 13.3. The second-order valence-corrected chi connectivity index (χ2v) is 7.21.